The van der Waals surface area contributed by atoms with Gasteiger partial charge in [0.1, 0.15) is 0 Å². The highest BCUT2D eigenvalue weighted by Crippen LogP contribution is 2.30. The number of fused-ring (bicyclic) bond motifs is 1. The van der Waals surface area contributed by atoms with Gasteiger partial charge < -0.3 is 0 Å². The van der Waals surface area contributed by atoms with E-state index in [1.165, 1.54) is 16.2 Å². The predicted molar refractivity (Wildman–Crippen MR) is 65.7 cm³/mol. The van der Waals surface area contributed by atoms with Crippen LogP contribution in [0.25, 0.3) is 21.3 Å². The van der Waals surface area contributed by atoms with Gasteiger partial charge in [0.2, 0.25) is 0 Å². The molecule has 0 radical (unpaired) electrons. The third-order valence-corrected chi connectivity index (χ3v) is 3.40. The Hall–Kier alpha value is -1.94. The monoisotopic (exact) mass is 228 g/mol. The maximum absolute atomic E-state index is 11.0. The van der Waals surface area contributed by atoms with Crippen LogP contribution in [0, 0.1) is 0 Å². The molecule has 0 aliphatic carbocycles. The van der Waals surface area contributed by atoms with Gasteiger partial charge in [0, 0.05) is 16.3 Å². The smallest absolute Gasteiger partial charge is 0.264 e. The Morgan fingerprint density at radius 1 is 1.12 bits per heavy atom. The summed E-state index contributed by atoms with van der Waals surface area (Å²) in [4.78, 5) is 11.0. The molecule has 0 bridgehead atoms. The highest BCUT2D eigenvalue weighted by molar-refractivity contribution is 7.17. The van der Waals surface area contributed by atoms with Crippen molar-refractivity contribution >= 4 is 21.4 Å². The number of hydrogen-bond donors (Lipinski definition) is 1. The number of H-pyrrole nitrogens is 1. The first kappa shape index (κ1) is 9.30. The lowest BCUT2D eigenvalue weighted by Gasteiger charge is -2.00. The van der Waals surface area contributed by atoms with E-state index >= 15 is 0 Å². The largest absolute Gasteiger partial charge is 0.268 e. The Kier molecular flexibility index (Phi) is 2.08. The summed E-state index contributed by atoms with van der Waals surface area (Å²) in [6, 6.07) is 11.4. The van der Waals surface area contributed by atoms with E-state index < -0.39 is 0 Å². The van der Waals surface area contributed by atoms with E-state index in [1.807, 2.05) is 12.1 Å². The van der Waals surface area contributed by atoms with Gasteiger partial charge in [-0.2, -0.15) is 5.10 Å². The summed E-state index contributed by atoms with van der Waals surface area (Å²) in [6.45, 7) is 0. The van der Waals surface area contributed by atoms with Gasteiger partial charge in [-0.25, -0.2) is 5.10 Å². The first-order valence-electron chi connectivity index (χ1n) is 4.87. The SMILES string of the molecule is O=c1ccc(-c2cccc3ccsc23)n[nH]1. The van der Waals surface area contributed by atoms with E-state index in [2.05, 4.69) is 27.7 Å². The van der Waals surface area contributed by atoms with Crippen molar-refractivity contribution in [3.05, 3.63) is 52.1 Å². The maximum Gasteiger partial charge on any atom is 0.264 e. The Labute approximate surface area is 95.4 Å². The van der Waals surface area contributed by atoms with Crippen molar-refractivity contribution in [2.45, 2.75) is 0 Å². The van der Waals surface area contributed by atoms with Crippen LogP contribution in [0.3, 0.4) is 0 Å². The van der Waals surface area contributed by atoms with Crippen LogP contribution >= 0.6 is 11.3 Å². The van der Waals surface area contributed by atoms with Crippen LogP contribution in [0.5, 0.6) is 0 Å². The molecule has 3 aromatic rings. The number of hydrogen-bond acceptors (Lipinski definition) is 3. The molecule has 0 saturated heterocycles. The molecule has 3 nitrogen and oxygen atoms in total. The van der Waals surface area contributed by atoms with Crippen molar-refractivity contribution < 1.29 is 0 Å². The molecule has 0 saturated carbocycles. The first-order chi connectivity index (χ1) is 7.84. The van der Waals surface area contributed by atoms with Crippen LogP contribution in [0.1, 0.15) is 0 Å². The molecule has 0 atom stereocenters. The molecule has 16 heavy (non-hydrogen) atoms. The van der Waals surface area contributed by atoms with Crippen LogP contribution in [0.2, 0.25) is 0 Å². The zero-order valence-electron chi connectivity index (χ0n) is 8.31. The number of aromatic nitrogens is 2. The Balaban J connectivity index is 2.29. The van der Waals surface area contributed by atoms with Crippen molar-refractivity contribution in [1.82, 2.24) is 10.2 Å². The lowest BCUT2D eigenvalue weighted by Crippen LogP contribution is -2.05. The molecule has 0 unspecified atom stereocenters. The van der Waals surface area contributed by atoms with Crippen LogP contribution in [-0.4, -0.2) is 10.2 Å². The summed E-state index contributed by atoms with van der Waals surface area (Å²) in [7, 11) is 0. The van der Waals surface area contributed by atoms with Gasteiger partial charge in [-0.15, -0.1) is 11.3 Å². The fourth-order valence-corrected chi connectivity index (χ4v) is 2.61. The Morgan fingerprint density at radius 2 is 2.06 bits per heavy atom. The second-order valence-electron chi connectivity index (χ2n) is 3.45. The molecule has 1 aromatic carbocycles. The fraction of sp³-hybridized carbons (Fsp3) is 0. The predicted octanol–water partition coefficient (Wildman–Crippen LogP) is 2.65. The van der Waals surface area contributed by atoms with E-state index in [-0.39, 0.29) is 5.56 Å². The lowest BCUT2D eigenvalue weighted by molar-refractivity contribution is 0.997. The van der Waals surface area contributed by atoms with Gasteiger partial charge in [-0.05, 0) is 22.9 Å². The zero-order chi connectivity index (χ0) is 11.0. The highest BCUT2D eigenvalue weighted by Gasteiger charge is 2.05. The average Bonchev–Trinajstić information content (AvgIpc) is 2.78. The maximum atomic E-state index is 11.0. The van der Waals surface area contributed by atoms with Crippen LogP contribution < -0.4 is 5.56 Å². The van der Waals surface area contributed by atoms with Crippen molar-refractivity contribution in [2.24, 2.45) is 0 Å². The standard InChI is InChI=1S/C12H8N2OS/c15-11-5-4-10(13-14-11)9-3-1-2-8-6-7-16-12(8)9/h1-7H,(H,14,15). The Morgan fingerprint density at radius 3 is 2.88 bits per heavy atom. The summed E-state index contributed by atoms with van der Waals surface area (Å²) >= 11 is 1.68. The van der Waals surface area contributed by atoms with Gasteiger partial charge in [0.15, 0.2) is 0 Å². The molecule has 4 heteroatoms. The zero-order valence-corrected chi connectivity index (χ0v) is 9.12. The topological polar surface area (TPSA) is 45.8 Å². The van der Waals surface area contributed by atoms with Gasteiger partial charge >= 0.3 is 0 Å². The van der Waals surface area contributed by atoms with Gasteiger partial charge in [-0.3, -0.25) is 4.79 Å². The normalized spacial score (nSPS) is 10.8. The van der Waals surface area contributed by atoms with Gasteiger partial charge in [0.05, 0.1) is 5.69 Å². The number of nitrogens with zero attached hydrogens (tertiary/aromatic N) is 1. The molecule has 0 aliphatic rings. The molecule has 2 heterocycles. The van der Waals surface area contributed by atoms with Crippen LogP contribution in [-0.2, 0) is 0 Å². The van der Waals surface area contributed by atoms with Crippen LogP contribution in [0.4, 0.5) is 0 Å². The third-order valence-electron chi connectivity index (χ3n) is 2.43. The third kappa shape index (κ3) is 1.44. The van der Waals surface area contributed by atoms with E-state index in [0.717, 1.165) is 11.3 Å². The van der Waals surface area contributed by atoms with Crippen molar-refractivity contribution in [2.75, 3.05) is 0 Å². The van der Waals surface area contributed by atoms with E-state index in [4.69, 9.17) is 0 Å². The average molecular weight is 228 g/mol. The molecular formula is C12H8N2OS. The molecule has 3 rings (SSSR count). The molecule has 0 aliphatic heterocycles. The second kappa shape index (κ2) is 3.57. The van der Waals surface area contributed by atoms with E-state index in [0.29, 0.717) is 0 Å². The molecule has 2 aromatic heterocycles. The summed E-state index contributed by atoms with van der Waals surface area (Å²) in [5, 5.41) is 9.76. The minimum absolute atomic E-state index is 0.179. The van der Waals surface area contributed by atoms with E-state index in [9.17, 15) is 4.79 Å². The second-order valence-corrected chi connectivity index (χ2v) is 4.37. The number of aromatic amines is 1. The van der Waals surface area contributed by atoms with Crippen molar-refractivity contribution in [3.8, 4) is 11.3 Å². The van der Waals surface area contributed by atoms with Crippen molar-refractivity contribution in [1.29, 1.82) is 0 Å². The fourth-order valence-electron chi connectivity index (χ4n) is 1.69. The minimum Gasteiger partial charge on any atom is -0.268 e. The molecule has 78 valence electrons. The minimum atomic E-state index is -0.179. The van der Waals surface area contributed by atoms with E-state index in [1.54, 1.807) is 17.4 Å². The number of nitrogens with one attached hydrogen (secondary N) is 1. The summed E-state index contributed by atoms with van der Waals surface area (Å²) in [5.74, 6) is 0. The molecule has 1 N–H and O–H groups in total. The van der Waals surface area contributed by atoms with Crippen molar-refractivity contribution in [3.63, 3.8) is 0 Å². The quantitative estimate of drug-likeness (QED) is 0.696. The van der Waals surface area contributed by atoms with Gasteiger partial charge in [-0.1, -0.05) is 18.2 Å². The van der Waals surface area contributed by atoms with Crippen LogP contribution in [0.15, 0.2) is 46.6 Å². The molecule has 0 amide bonds. The molecular weight excluding hydrogens is 220 g/mol. The van der Waals surface area contributed by atoms with Gasteiger partial charge in [0.25, 0.3) is 5.56 Å². The number of benzene rings is 1. The summed E-state index contributed by atoms with van der Waals surface area (Å²) in [6.07, 6.45) is 0. The lowest BCUT2D eigenvalue weighted by atomic mass is 10.1. The Bertz CT molecular complexity index is 679. The summed E-state index contributed by atoms with van der Waals surface area (Å²) in [5.41, 5.74) is 1.68. The first-order valence-corrected chi connectivity index (χ1v) is 5.75. The molecule has 0 spiro atoms. The number of thiophene rings is 1. The number of rotatable bonds is 1. The molecule has 0 fully saturated rings. The highest BCUT2D eigenvalue weighted by atomic mass is 32.1. The summed E-state index contributed by atoms with van der Waals surface area (Å²) < 4.78 is 1.20.